The highest BCUT2D eigenvalue weighted by Gasteiger charge is 2.17. The molecule has 1 N–H and O–H groups in total. The van der Waals surface area contributed by atoms with Crippen LogP contribution in [0.3, 0.4) is 0 Å². The molecule has 1 unspecified atom stereocenters. The number of fused-ring (bicyclic) bond motifs is 1. The van der Waals surface area contributed by atoms with Crippen LogP contribution in [0.15, 0.2) is 43.4 Å². The SMILES string of the molecule is C=CCC(C)n1cncc1-c1cccc2c1NCCC2. The van der Waals surface area contributed by atoms with E-state index in [1.807, 2.05) is 18.6 Å². The number of nitrogens with one attached hydrogen (secondary N) is 1. The van der Waals surface area contributed by atoms with Crippen LogP contribution in [-0.4, -0.2) is 16.1 Å². The average Bonchev–Trinajstić information content (AvgIpc) is 2.96. The number of aryl methyl sites for hydroxylation is 1. The van der Waals surface area contributed by atoms with Gasteiger partial charge in [0, 0.05) is 23.8 Å². The lowest BCUT2D eigenvalue weighted by molar-refractivity contribution is 0.559. The van der Waals surface area contributed by atoms with Gasteiger partial charge in [-0.15, -0.1) is 6.58 Å². The molecule has 0 spiro atoms. The van der Waals surface area contributed by atoms with Crippen molar-refractivity contribution >= 4 is 5.69 Å². The number of imidazole rings is 1. The summed E-state index contributed by atoms with van der Waals surface area (Å²) >= 11 is 0. The van der Waals surface area contributed by atoms with E-state index in [1.165, 1.54) is 28.9 Å². The van der Waals surface area contributed by atoms with Crippen LogP contribution in [0.1, 0.15) is 31.4 Å². The van der Waals surface area contributed by atoms with Crippen molar-refractivity contribution in [1.29, 1.82) is 0 Å². The second kappa shape index (κ2) is 5.53. The van der Waals surface area contributed by atoms with Crippen LogP contribution in [-0.2, 0) is 6.42 Å². The van der Waals surface area contributed by atoms with Crippen LogP contribution in [0.25, 0.3) is 11.3 Å². The van der Waals surface area contributed by atoms with Crippen molar-refractivity contribution in [3.8, 4) is 11.3 Å². The Morgan fingerprint density at radius 1 is 1.50 bits per heavy atom. The fraction of sp³-hybridized carbons (Fsp3) is 0.353. The average molecular weight is 267 g/mol. The Morgan fingerprint density at radius 2 is 2.40 bits per heavy atom. The molecule has 0 saturated carbocycles. The summed E-state index contributed by atoms with van der Waals surface area (Å²) in [6.07, 6.45) is 9.17. The Hall–Kier alpha value is -2.03. The van der Waals surface area contributed by atoms with Gasteiger partial charge in [-0.1, -0.05) is 24.3 Å². The largest absolute Gasteiger partial charge is 0.384 e. The Bertz CT molecular complexity index is 612. The van der Waals surface area contributed by atoms with Crippen LogP contribution in [0.4, 0.5) is 5.69 Å². The number of benzene rings is 1. The van der Waals surface area contributed by atoms with Crippen molar-refractivity contribution in [3.63, 3.8) is 0 Å². The van der Waals surface area contributed by atoms with Gasteiger partial charge in [-0.2, -0.15) is 0 Å². The molecule has 0 amide bonds. The van der Waals surface area contributed by atoms with Crippen molar-refractivity contribution in [2.45, 2.75) is 32.2 Å². The number of allylic oxidation sites excluding steroid dienone is 1. The van der Waals surface area contributed by atoms with Gasteiger partial charge in [0.2, 0.25) is 0 Å². The number of anilines is 1. The minimum Gasteiger partial charge on any atom is -0.384 e. The number of aromatic nitrogens is 2. The van der Waals surface area contributed by atoms with Crippen LogP contribution >= 0.6 is 0 Å². The molecule has 0 radical (unpaired) electrons. The lowest BCUT2D eigenvalue weighted by Crippen LogP contribution is -2.13. The van der Waals surface area contributed by atoms with Gasteiger partial charge in [-0.25, -0.2) is 4.98 Å². The molecule has 1 atom stereocenters. The minimum atomic E-state index is 0.379. The maximum absolute atomic E-state index is 4.35. The smallest absolute Gasteiger partial charge is 0.0953 e. The first kappa shape index (κ1) is 13.0. The number of nitrogens with zero attached hydrogens (tertiary/aromatic N) is 2. The van der Waals surface area contributed by atoms with E-state index in [-0.39, 0.29) is 0 Å². The molecule has 3 rings (SSSR count). The highest BCUT2D eigenvalue weighted by atomic mass is 15.1. The quantitative estimate of drug-likeness (QED) is 0.847. The fourth-order valence-electron chi connectivity index (χ4n) is 2.94. The highest BCUT2D eigenvalue weighted by Crippen LogP contribution is 2.35. The van der Waals surface area contributed by atoms with Gasteiger partial charge in [-0.3, -0.25) is 0 Å². The van der Waals surface area contributed by atoms with E-state index in [0.717, 1.165) is 19.4 Å². The maximum atomic E-state index is 4.35. The molecule has 3 nitrogen and oxygen atoms in total. The van der Waals surface area contributed by atoms with Crippen molar-refractivity contribution < 1.29 is 0 Å². The van der Waals surface area contributed by atoms with Gasteiger partial charge < -0.3 is 9.88 Å². The molecule has 0 saturated heterocycles. The molecule has 0 fully saturated rings. The fourth-order valence-corrected chi connectivity index (χ4v) is 2.94. The van der Waals surface area contributed by atoms with E-state index in [4.69, 9.17) is 0 Å². The molecule has 2 aromatic rings. The Morgan fingerprint density at radius 3 is 3.25 bits per heavy atom. The third kappa shape index (κ3) is 2.24. The van der Waals surface area contributed by atoms with E-state index in [0.29, 0.717) is 6.04 Å². The normalized spacial score (nSPS) is 15.2. The van der Waals surface area contributed by atoms with Crippen molar-refractivity contribution in [2.75, 3.05) is 11.9 Å². The summed E-state index contributed by atoms with van der Waals surface area (Å²) in [6, 6.07) is 6.94. The monoisotopic (exact) mass is 267 g/mol. The Labute approximate surface area is 120 Å². The molecule has 0 bridgehead atoms. The summed E-state index contributed by atoms with van der Waals surface area (Å²) in [5, 5.41) is 3.56. The lowest BCUT2D eigenvalue weighted by Gasteiger charge is -2.23. The van der Waals surface area contributed by atoms with Gasteiger partial charge in [-0.05, 0) is 31.7 Å². The molecule has 2 heterocycles. The molecule has 1 aromatic carbocycles. The van der Waals surface area contributed by atoms with Crippen LogP contribution < -0.4 is 5.32 Å². The van der Waals surface area contributed by atoms with Crippen molar-refractivity contribution in [2.24, 2.45) is 0 Å². The lowest BCUT2D eigenvalue weighted by atomic mass is 9.98. The summed E-state index contributed by atoms with van der Waals surface area (Å²) in [5.41, 5.74) is 5.14. The number of para-hydroxylation sites is 1. The van der Waals surface area contributed by atoms with Crippen LogP contribution in [0.2, 0.25) is 0 Å². The topological polar surface area (TPSA) is 29.9 Å². The van der Waals surface area contributed by atoms with Crippen LogP contribution in [0.5, 0.6) is 0 Å². The van der Waals surface area contributed by atoms with E-state index < -0.39 is 0 Å². The van der Waals surface area contributed by atoms with Crippen molar-refractivity contribution in [3.05, 3.63) is 48.9 Å². The first-order valence-electron chi connectivity index (χ1n) is 7.30. The molecule has 20 heavy (non-hydrogen) atoms. The van der Waals surface area contributed by atoms with E-state index in [9.17, 15) is 0 Å². The Kier molecular flexibility index (Phi) is 3.59. The highest BCUT2D eigenvalue weighted by molar-refractivity contribution is 5.79. The van der Waals surface area contributed by atoms with Gasteiger partial charge in [0.15, 0.2) is 0 Å². The van der Waals surface area contributed by atoms with E-state index in [1.54, 1.807) is 0 Å². The molecular formula is C17H21N3. The molecule has 0 aliphatic carbocycles. The first-order chi connectivity index (χ1) is 9.81. The third-order valence-electron chi connectivity index (χ3n) is 4.00. The summed E-state index contributed by atoms with van der Waals surface area (Å²) in [6.45, 7) is 7.10. The molecule has 3 heteroatoms. The summed E-state index contributed by atoms with van der Waals surface area (Å²) < 4.78 is 2.24. The summed E-state index contributed by atoms with van der Waals surface area (Å²) in [4.78, 5) is 4.35. The summed E-state index contributed by atoms with van der Waals surface area (Å²) in [5.74, 6) is 0. The zero-order chi connectivity index (χ0) is 13.9. The number of rotatable bonds is 4. The zero-order valence-electron chi connectivity index (χ0n) is 12.0. The van der Waals surface area contributed by atoms with E-state index in [2.05, 4.69) is 46.6 Å². The molecular weight excluding hydrogens is 246 g/mol. The number of hydrogen-bond donors (Lipinski definition) is 1. The third-order valence-corrected chi connectivity index (χ3v) is 4.00. The second-order valence-electron chi connectivity index (χ2n) is 5.43. The number of hydrogen-bond acceptors (Lipinski definition) is 2. The first-order valence-corrected chi connectivity index (χ1v) is 7.30. The van der Waals surface area contributed by atoms with Gasteiger partial charge in [0.25, 0.3) is 0 Å². The Balaban J connectivity index is 2.06. The standard InChI is InChI=1S/C17H21N3/c1-3-6-13(2)20-12-18-11-16(20)15-9-4-7-14-8-5-10-19-17(14)15/h3-4,7,9,11-13,19H,1,5-6,8,10H2,2H3. The summed E-state index contributed by atoms with van der Waals surface area (Å²) in [7, 11) is 0. The molecule has 1 aromatic heterocycles. The van der Waals surface area contributed by atoms with Gasteiger partial charge >= 0.3 is 0 Å². The van der Waals surface area contributed by atoms with Gasteiger partial charge in [0.05, 0.1) is 18.2 Å². The van der Waals surface area contributed by atoms with Gasteiger partial charge in [0.1, 0.15) is 0 Å². The zero-order valence-corrected chi connectivity index (χ0v) is 12.0. The predicted molar refractivity (Wildman–Crippen MR) is 84.0 cm³/mol. The molecule has 104 valence electrons. The maximum Gasteiger partial charge on any atom is 0.0953 e. The van der Waals surface area contributed by atoms with Crippen LogP contribution in [0, 0.1) is 0 Å². The molecule has 1 aliphatic rings. The van der Waals surface area contributed by atoms with Crippen molar-refractivity contribution in [1.82, 2.24) is 9.55 Å². The minimum absolute atomic E-state index is 0.379. The molecule has 1 aliphatic heterocycles. The second-order valence-corrected chi connectivity index (χ2v) is 5.43. The predicted octanol–water partition coefficient (Wildman–Crippen LogP) is 4.05. The van der Waals surface area contributed by atoms with E-state index >= 15 is 0 Å².